The molecule has 0 aliphatic heterocycles. The van der Waals surface area contributed by atoms with Crippen LogP contribution in [0.4, 0.5) is 5.69 Å². The van der Waals surface area contributed by atoms with Crippen molar-refractivity contribution in [2.75, 3.05) is 4.72 Å². The molecule has 0 radical (unpaired) electrons. The quantitative estimate of drug-likeness (QED) is 0.699. The predicted octanol–water partition coefficient (Wildman–Crippen LogP) is 4.44. The van der Waals surface area contributed by atoms with E-state index in [0.717, 1.165) is 22.3 Å². The van der Waals surface area contributed by atoms with Crippen LogP contribution in [0, 0.1) is 11.3 Å². The molecule has 0 unspecified atom stereocenters. The summed E-state index contributed by atoms with van der Waals surface area (Å²) in [5, 5.41) is 14.8. The van der Waals surface area contributed by atoms with Crippen molar-refractivity contribution in [1.29, 1.82) is 5.26 Å². The Kier molecular flexibility index (Phi) is 3.59. The monoisotopic (exact) mass is 312 g/mol. The molecule has 0 bridgehead atoms. The van der Waals surface area contributed by atoms with Gasteiger partial charge in [-0.25, -0.2) is 0 Å². The standard InChI is InChI=1S/C16H16N4OS/c1-16(2,3)13-7-14(21-19-13)22-20-12-6-4-5-11-10(8-17)9-18-15(11)12/h4-7,9,18,20H,1-3H3. The molecule has 3 aromatic rings. The average Bonchev–Trinajstić information content (AvgIpc) is 3.11. The lowest BCUT2D eigenvalue weighted by molar-refractivity contribution is 0.335. The van der Waals surface area contributed by atoms with Gasteiger partial charge in [-0.3, -0.25) is 0 Å². The number of aromatic nitrogens is 2. The lowest BCUT2D eigenvalue weighted by Gasteiger charge is -2.12. The molecular formula is C16H16N4OS. The summed E-state index contributed by atoms with van der Waals surface area (Å²) in [6, 6.07) is 9.91. The molecule has 5 nitrogen and oxygen atoms in total. The Labute approximate surface area is 132 Å². The molecular weight excluding hydrogens is 296 g/mol. The van der Waals surface area contributed by atoms with Gasteiger partial charge in [-0.15, -0.1) is 0 Å². The summed E-state index contributed by atoms with van der Waals surface area (Å²) in [4.78, 5) is 3.13. The average molecular weight is 312 g/mol. The molecule has 0 spiro atoms. The number of rotatable bonds is 3. The van der Waals surface area contributed by atoms with Crippen LogP contribution < -0.4 is 4.72 Å². The molecule has 2 N–H and O–H groups in total. The topological polar surface area (TPSA) is 77.6 Å². The van der Waals surface area contributed by atoms with Gasteiger partial charge in [-0.2, -0.15) is 5.26 Å². The Morgan fingerprint density at radius 1 is 1.36 bits per heavy atom. The third kappa shape index (κ3) is 2.68. The summed E-state index contributed by atoms with van der Waals surface area (Å²) < 4.78 is 8.59. The first kappa shape index (κ1) is 14.5. The van der Waals surface area contributed by atoms with Gasteiger partial charge in [0.25, 0.3) is 0 Å². The Morgan fingerprint density at radius 2 is 2.18 bits per heavy atom. The van der Waals surface area contributed by atoms with Crippen molar-refractivity contribution in [3.05, 3.63) is 41.7 Å². The highest BCUT2D eigenvalue weighted by Gasteiger charge is 2.19. The Balaban J connectivity index is 1.81. The predicted molar refractivity (Wildman–Crippen MR) is 87.7 cm³/mol. The fourth-order valence-electron chi connectivity index (χ4n) is 2.10. The fraction of sp³-hybridized carbons (Fsp3) is 0.250. The second-order valence-electron chi connectivity index (χ2n) is 6.03. The van der Waals surface area contributed by atoms with Crippen molar-refractivity contribution in [2.24, 2.45) is 0 Å². The molecule has 0 aliphatic rings. The van der Waals surface area contributed by atoms with E-state index in [0.29, 0.717) is 10.7 Å². The number of hydrogen-bond acceptors (Lipinski definition) is 5. The van der Waals surface area contributed by atoms with Crippen LogP contribution in [0.1, 0.15) is 32.0 Å². The molecule has 2 aromatic heterocycles. The van der Waals surface area contributed by atoms with Gasteiger partial charge in [-0.05, 0) is 6.07 Å². The van der Waals surface area contributed by atoms with Crippen LogP contribution in [0.3, 0.4) is 0 Å². The number of aromatic amines is 1. The summed E-state index contributed by atoms with van der Waals surface area (Å²) in [6.07, 6.45) is 1.71. The summed E-state index contributed by atoms with van der Waals surface area (Å²) in [5.74, 6) is 0. The third-order valence-corrected chi connectivity index (χ3v) is 4.07. The maximum Gasteiger partial charge on any atom is 0.213 e. The van der Waals surface area contributed by atoms with E-state index in [1.165, 1.54) is 11.9 Å². The lowest BCUT2D eigenvalue weighted by Crippen LogP contribution is -2.10. The molecule has 0 amide bonds. The van der Waals surface area contributed by atoms with Crippen molar-refractivity contribution >= 4 is 28.5 Å². The zero-order valence-electron chi connectivity index (χ0n) is 12.6. The molecule has 0 fully saturated rings. The summed E-state index contributed by atoms with van der Waals surface area (Å²) in [5.41, 5.74) is 3.32. The molecule has 0 saturated carbocycles. The molecule has 0 saturated heterocycles. The number of hydrogen-bond donors (Lipinski definition) is 2. The zero-order chi connectivity index (χ0) is 15.7. The molecule has 112 valence electrons. The van der Waals surface area contributed by atoms with Crippen LogP contribution in [0.5, 0.6) is 0 Å². The van der Waals surface area contributed by atoms with E-state index in [9.17, 15) is 0 Å². The van der Waals surface area contributed by atoms with Gasteiger partial charge in [0.1, 0.15) is 6.07 Å². The first-order chi connectivity index (χ1) is 10.5. The largest absolute Gasteiger partial charge is 0.358 e. The van der Waals surface area contributed by atoms with E-state index in [2.05, 4.69) is 41.7 Å². The second-order valence-corrected chi connectivity index (χ2v) is 6.84. The minimum Gasteiger partial charge on any atom is -0.358 e. The third-order valence-electron chi connectivity index (χ3n) is 3.35. The summed E-state index contributed by atoms with van der Waals surface area (Å²) in [6.45, 7) is 6.28. The van der Waals surface area contributed by atoms with Gasteiger partial charge in [0.15, 0.2) is 0 Å². The summed E-state index contributed by atoms with van der Waals surface area (Å²) >= 11 is 1.36. The number of nitrogens with one attached hydrogen (secondary N) is 2. The highest BCUT2D eigenvalue weighted by Crippen LogP contribution is 2.31. The van der Waals surface area contributed by atoms with Crippen LogP contribution in [0.15, 0.2) is 40.1 Å². The maximum atomic E-state index is 9.08. The van der Waals surface area contributed by atoms with Crippen LogP contribution in [-0.2, 0) is 5.41 Å². The smallest absolute Gasteiger partial charge is 0.213 e. The van der Waals surface area contributed by atoms with Crippen molar-refractivity contribution in [1.82, 2.24) is 10.1 Å². The van der Waals surface area contributed by atoms with E-state index in [1.807, 2.05) is 24.3 Å². The van der Waals surface area contributed by atoms with Crippen molar-refractivity contribution in [3.8, 4) is 6.07 Å². The summed E-state index contributed by atoms with van der Waals surface area (Å²) in [7, 11) is 0. The molecule has 1 aromatic carbocycles. The number of benzene rings is 1. The lowest BCUT2D eigenvalue weighted by atomic mass is 9.93. The van der Waals surface area contributed by atoms with Crippen LogP contribution in [0.25, 0.3) is 10.9 Å². The van der Waals surface area contributed by atoms with E-state index in [1.54, 1.807) is 6.20 Å². The van der Waals surface area contributed by atoms with Crippen LogP contribution in [-0.4, -0.2) is 10.1 Å². The normalized spacial score (nSPS) is 11.5. The minimum absolute atomic E-state index is 0.0382. The van der Waals surface area contributed by atoms with Gasteiger partial charge < -0.3 is 14.2 Å². The number of nitriles is 1. The van der Waals surface area contributed by atoms with E-state index < -0.39 is 0 Å². The molecule has 2 heterocycles. The van der Waals surface area contributed by atoms with E-state index in [-0.39, 0.29) is 5.41 Å². The fourth-order valence-corrected chi connectivity index (χ4v) is 2.72. The molecule has 6 heteroatoms. The van der Waals surface area contributed by atoms with Gasteiger partial charge in [0.2, 0.25) is 5.09 Å². The Bertz CT molecular complexity index is 851. The van der Waals surface area contributed by atoms with E-state index >= 15 is 0 Å². The SMILES string of the molecule is CC(C)(C)c1cc(SNc2cccc3c(C#N)c[nH]c23)on1. The van der Waals surface area contributed by atoms with Crippen LogP contribution in [0.2, 0.25) is 0 Å². The number of H-pyrrole nitrogens is 1. The van der Waals surface area contributed by atoms with Gasteiger partial charge in [0, 0.05) is 35.0 Å². The highest BCUT2D eigenvalue weighted by atomic mass is 32.2. The molecule has 0 atom stereocenters. The first-order valence-electron chi connectivity index (χ1n) is 6.89. The number of fused-ring (bicyclic) bond motifs is 1. The van der Waals surface area contributed by atoms with Gasteiger partial charge in [-0.1, -0.05) is 38.1 Å². The molecule has 3 rings (SSSR count). The number of anilines is 1. The Hall–Kier alpha value is -2.39. The van der Waals surface area contributed by atoms with Crippen molar-refractivity contribution in [2.45, 2.75) is 31.3 Å². The van der Waals surface area contributed by atoms with Crippen molar-refractivity contribution in [3.63, 3.8) is 0 Å². The molecule has 22 heavy (non-hydrogen) atoms. The maximum absolute atomic E-state index is 9.08. The minimum atomic E-state index is -0.0382. The zero-order valence-corrected chi connectivity index (χ0v) is 13.4. The number of para-hydroxylation sites is 1. The van der Waals surface area contributed by atoms with Crippen molar-refractivity contribution < 1.29 is 4.52 Å². The first-order valence-corrected chi connectivity index (χ1v) is 7.71. The number of nitrogens with zero attached hydrogens (tertiary/aromatic N) is 2. The second kappa shape index (κ2) is 5.43. The Morgan fingerprint density at radius 3 is 2.86 bits per heavy atom. The van der Waals surface area contributed by atoms with Gasteiger partial charge >= 0.3 is 0 Å². The highest BCUT2D eigenvalue weighted by molar-refractivity contribution is 8.00. The van der Waals surface area contributed by atoms with E-state index in [4.69, 9.17) is 9.78 Å². The van der Waals surface area contributed by atoms with Gasteiger partial charge in [0.05, 0.1) is 22.5 Å². The van der Waals surface area contributed by atoms with Crippen LogP contribution >= 0.6 is 11.9 Å². The molecule has 0 aliphatic carbocycles.